The molecule has 106 valence electrons. The second kappa shape index (κ2) is 6.41. The van der Waals surface area contributed by atoms with E-state index in [9.17, 15) is 0 Å². The smallest absolute Gasteiger partial charge is 0.0346 e. The van der Waals surface area contributed by atoms with Crippen molar-refractivity contribution in [3.8, 4) is 0 Å². The van der Waals surface area contributed by atoms with Gasteiger partial charge in [0.1, 0.15) is 0 Å². The summed E-state index contributed by atoms with van der Waals surface area (Å²) in [5, 5.41) is 3.55. The molecule has 2 heteroatoms. The Morgan fingerprint density at radius 2 is 1.95 bits per heavy atom. The lowest BCUT2D eigenvalue weighted by Crippen LogP contribution is -2.31. The second-order valence-corrected chi connectivity index (χ2v) is 7.16. The van der Waals surface area contributed by atoms with Crippen molar-refractivity contribution in [1.29, 1.82) is 0 Å². The van der Waals surface area contributed by atoms with Crippen LogP contribution in [0, 0.1) is 24.7 Å². The van der Waals surface area contributed by atoms with Crippen LogP contribution in [-0.4, -0.2) is 7.05 Å². The first-order valence-electron chi connectivity index (χ1n) is 7.46. The number of nitrogens with one attached hydrogen (secondary N) is 1. The van der Waals surface area contributed by atoms with Crippen molar-refractivity contribution in [1.82, 2.24) is 5.32 Å². The van der Waals surface area contributed by atoms with E-state index in [4.69, 9.17) is 0 Å². The van der Waals surface area contributed by atoms with Gasteiger partial charge in [0.25, 0.3) is 0 Å². The topological polar surface area (TPSA) is 12.0 Å². The number of rotatable bonds is 3. The molecule has 1 aromatic rings. The monoisotopic (exact) mass is 323 g/mol. The normalized spacial score (nSPS) is 29.2. The largest absolute Gasteiger partial charge is 0.313 e. The number of benzene rings is 1. The maximum absolute atomic E-state index is 3.66. The van der Waals surface area contributed by atoms with Crippen molar-refractivity contribution in [2.45, 2.75) is 46.1 Å². The first-order valence-corrected chi connectivity index (χ1v) is 8.25. The molecule has 1 aromatic carbocycles. The van der Waals surface area contributed by atoms with Crippen LogP contribution < -0.4 is 5.32 Å². The van der Waals surface area contributed by atoms with Crippen molar-refractivity contribution < 1.29 is 0 Å². The highest BCUT2D eigenvalue weighted by atomic mass is 79.9. The van der Waals surface area contributed by atoms with Crippen molar-refractivity contribution in [2.24, 2.45) is 17.8 Å². The van der Waals surface area contributed by atoms with Gasteiger partial charge in [-0.2, -0.15) is 0 Å². The Balaban J connectivity index is 2.17. The zero-order chi connectivity index (χ0) is 14.0. The van der Waals surface area contributed by atoms with E-state index in [1.165, 1.54) is 34.9 Å². The molecule has 0 radical (unpaired) electrons. The zero-order valence-corrected chi connectivity index (χ0v) is 14.1. The van der Waals surface area contributed by atoms with Gasteiger partial charge in [-0.05, 0) is 61.8 Å². The molecule has 4 unspecified atom stereocenters. The van der Waals surface area contributed by atoms with Crippen LogP contribution in [0.25, 0.3) is 0 Å². The molecule has 0 amide bonds. The van der Waals surface area contributed by atoms with Crippen LogP contribution in [0.15, 0.2) is 22.7 Å². The molecule has 0 spiro atoms. The van der Waals surface area contributed by atoms with Crippen molar-refractivity contribution in [2.75, 3.05) is 7.05 Å². The summed E-state index contributed by atoms with van der Waals surface area (Å²) in [7, 11) is 2.10. The van der Waals surface area contributed by atoms with E-state index in [0.717, 1.165) is 17.8 Å². The fraction of sp³-hybridized carbons (Fsp3) is 0.647. The number of halogens is 1. The van der Waals surface area contributed by atoms with Crippen molar-refractivity contribution in [3.63, 3.8) is 0 Å². The van der Waals surface area contributed by atoms with Gasteiger partial charge >= 0.3 is 0 Å². The standard InChI is InChI=1S/C17H26BrN/c1-11-5-7-14(9-13(11)3)17(19-4)15-8-6-12(2)16(18)10-15/h6,8,10-11,13-14,17,19H,5,7,9H2,1-4H3. The molecule has 4 atom stereocenters. The average Bonchev–Trinajstić information content (AvgIpc) is 2.39. The predicted molar refractivity (Wildman–Crippen MR) is 86.3 cm³/mol. The van der Waals surface area contributed by atoms with E-state index >= 15 is 0 Å². The molecule has 0 aliphatic heterocycles. The third-order valence-electron chi connectivity index (χ3n) is 4.98. The summed E-state index contributed by atoms with van der Waals surface area (Å²) < 4.78 is 1.22. The Bertz CT molecular complexity index is 429. The van der Waals surface area contributed by atoms with Gasteiger partial charge in [0.2, 0.25) is 0 Å². The molecule has 1 aliphatic rings. The zero-order valence-electron chi connectivity index (χ0n) is 12.5. The highest BCUT2D eigenvalue weighted by Crippen LogP contribution is 2.40. The maximum atomic E-state index is 3.66. The molecule has 0 saturated heterocycles. The molecule has 1 N–H and O–H groups in total. The SMILES string of the molecule is CNC(c1ccc(C)c(Br)c1)C1CCC(C)C(C)C1. The van der Waals surface area contributed by atoms with Crippen LogP contribution in [-0.2, 0) is 0 Å². The highest BCUT2D eigenvalue weighted by molar-refractivity contribution is 9.10. The van der Waals surface area contributed by atoms with Crippen LogP contribution in [0.4, 0.5) is 0 Å². The molecule has 2 rings (SSSR count). The van der Waals surface area contributed by atoms with Gasteiger partial charge in [-0.25, -0.2) is 0 Å². The van der Waals surface area contributed by atoms with Gasteiger partial charge in [0.15, 0.2) is 0 Å². The minimum atomic E-state index is 0.492. The van der Waals surface area contributed by atoms with Gasteiger partial charge in [-0.15, -0.1) is 0 Å². The fourth-order valence-corrected chi connectivity index (χ4v) is 3.77. The Hall–Kier alpha value is -0.340. The molecule has 1 aliphatic carbocycles. The van der Waals surface area contributed by atoms with Crippen LogP contribution in [0.3, 0.4) is 0 Å². The molecule has 19 heavy (non-hydrogen) atoms. The number of hydrogen-bond donors (Lipinski definition) is 1. The van der Waals surface area contributed by atoms with Crippen LogP contribution in [0.2, 0.25) is 0 Å². The minimum Gasteiger partial charge on any atom is -0.313 e. The molecule has 0 bridgehead atoms. The third-order valence-corrected chi connectivity index (χ3v) is 5.83. The van der Waals surface area contributed by atoms with Crippen LogP contribution in [0.5, 0.6) is 0 Å². The lowest BCUT2D eigenvalue weighted by molar-refractivity contribution is 0.174. The summed E-state index contributed by atoms with van der Waals surface area (Å²) in [6.07, 6.45) is 4.07. The Morgan fingerprint density at radius 3 is 2.53 bits per heavy atom. The first-order chi connectivity index (χ1) is 9.02. The van der Waals surface area contributed by atoms with Gasteiger partial charge in [0, 0.05) is 10.5 Å². The fourth-order valence-electron chi connectivity index (χ4n) is 3.37. The Kier molecular flexibility index (Phi) is 5.08. The lowest BCUT2D eigenvalue weighted by atomic mass is 9.72. The molecule has 0 heterocycles. The molecule has 0 aromatic heterocycles. The molecular weight excluding hydrogens is 298 g/mol. The maximum Gasteiger partial charge on any atom is 0.0346 e. The van der Waals surface area contributed by atoms with E-state index in [2.05, 4.69) is 67.3 Å². The average molecular weight is 324 g/mol. The number of aryl methyl sites for hydroxylation is 1. The summed E-state index contributed by atoms with van der Waals surface area (Å²) in [4.78, 5) is 0. The van der Waals surface area contributed by atoms with Crippen LogP contribution >= 0.6 is 15.9 Å². The minimum absolute atomic E-state index is 0.492. The summed E-state index contributed by atoms with van der Waals surface area (Å²) in [5.74, 6) is 2.51. The first kappa shape index (κ1) is 15.1. The van der Waals surface area contributed by atoms with E-state index in [-0.39, 0.29) is 0 Å². The van der Waals surface area contributed by atoms with E-state index < -0.39 is 0 Å². The molecule has 1 saturated carbocycles. The quantitative estimate of drug-likeness (QED) is 0.816. The van der Waals surface area contributed by atoms with E-state index in [1.807, 2.05) is 0 Å². The Morgan fingerprint density at radius 1 is 1.21 bits per heavy atom. The summed E-state index contributed by atoms with van der Waals surface area (Å²) in [6, 6.07) is 7.29. The van der Waals surface area contributed by atoms with E-state index in [1.54, 1.807) is 0 Å². The van der Waals surface area contributed by atoms with Crippen molar-refractivity contribution >= 4 is 15.9 Å². The molecular formula is C17H26BrN. The van der Waals surface area contributed by atoms with Gasteiger partial charge in [-0.1, -0.05) is 48.3 Å². The highest BCUT2D eigenvalue weighted by Gasteiger charge is 2.30. The van der Waals surface area contributed by atoms with Gasteiger partial charge in [-0.3, -0.25) is 0 Å². The molecule has 1 nitrogen and oxygen atoms in total. The Labute approximate surface area is 126 Å². The van der Waals surface area contributed by atoms with E-state index in [0.29, 0.717) is 6.04 Å². The van der Waals surface area contributed by atoms with Gasteiger partial charge < -0.3 is 5.32 Å². The summed E-state index contributed by atoms with van der Waals surface area (Å²) in [6.45, 7) is 6.96. The molecule has 1 fully saturated rings. The van der Waals surface area contributed by atoms with Crippen LogP contribution in [0.1, 0.15) is 50.3 Å². The lowest BCUT2D eigenvalue weighted by Gasteiger charge is -2.37. The van der Waals surface area contributed by atoms with Crippen molar-refractivity contribution in [3.05, 3.63) is 33.8 Å². The second-order valence-electron chi connectivity index (χ2n) is 6.30. The number of hydrogen-bond acceptors (Lipinski definition) is 1. The third kappa shape index (κ3) is 3.41. The predicted octanol–water partition coefficient (Wildman–Crippen LogP) is 5.09. The summed E-state index contributed by atoms with van der Waals surface area (Å²) in [5.41, 5.74) is 2.73. The summed E-state index contributed by atoms with van der Waals surface area (Å²) >= 11 is 3.66. The van der Waals surface area contributed by atoms with Gasteiger partial charge in [0.05, 0.1) is 0 Å².